The number of carboxylic acid groups (broad SMARTS) is 1. The van der Waals surface area contributed by atoms with Crippen molar-refractivity contribution in [2.45, 2.75) is 13.3 Å². The molecule has 2 aromatic rings. The normalized spacial score (nSPS) is 10.7. The zero-order valence-corrected chi connectivity index (χ0v) is 11.5. The van der Waals surface area contributed by atoms with Crippen molar-refractivity contribution >= 4 is 22.7 Å². The second-order valence-corrected chi connectivity index (χ2v) is 4.51. The van der Waals surface area contributed by atoms with E-state index in [0.29, 0.717) is 16.7 Å². The molecule has 1 heterocycles. The first-order valence-electron chi connectivity index (χ1n) is 6.80. The SMILES string of the molecule is CCNCCCNc1cc(C(=O)O)c2ccccc2n1. The van der Waals surface area contributed by atoms with Crippen molar-refractivity contribution in [3.05, 3.63) is 35.9 Å². The van der Waals surface area contributed by atoms with Gasteiger partial charge >= 0.3 is 5.97 Å². The van der Waals surface area contributed by atoms with Crippen LogP contribution in [0.1, 0.15) is 23.7 Å². The summed E-state index contributed by atoms with van der Waals surface area (Å²) in [6.45, 7) is 4.72. The Bertz CT molecular complexity index is 599. The largest absolute Gasteiger partial charge is 0.478 e. The highest BCUT2D eigenvalue weighted by molar-refractivity contribution is 6.03. The van der Waals surface area contributed by atoms with Crippen molar-refractivity contribution in [1.82, 2.24) is 10.3 Å². The third-order valence-corrected chi connectivity index (χ3v) is 3.03. The van der Waals surface area contributed by atoms with Gasteiger partial charge in [0.25, 0.3) is 0 Å². The molecule has 0 saturated heterocycles. The van der Waals surface area contributed by atoms with Crippen LogP contribution in [0.4, 0.5) is 5.82 Å². The van der Waals surface area contributed by atoms with Crippen LogP contribution in [0.3, 0.4) is 0 Å². The van der Waals surface area contributed by atoms with Gasteiger partial charge in [-0.3, -0.25) is 0 Å². The Labute approximate surface area is 118 Å². The summed E-state index contributed by atoms with van der Waals surface area (Å²) in [6, 6.07) is 8.88. The molecule has 0 aliphatic carbocycles. The van der Waals surface area contributed by atoms with Gasteiger partial charge in [0, 0.05) is 11.9 Å². The first-order valence-corrected chi connectivity index (χ1v) is 6.80. The summed E-state index contributed by atoms with van der Waals surface area (Å²) in [5.41, 5.74) is 0.978. The monoisotopic (exact) mass is 273 g/mol. The molecule has 1 aromatic carbocycles. The summed E-state index contributed by atoms with van der Waals surface area (Å²) < 4.78 is 0. The predicted octanol–water partition coefficient (Wildman–Crippen LogP) is 2.34. The van der Waals surface area contributed by atoms with Crippen molar-refractivity contribution in [3.8, 4) is 0 Å². The quantitative estimate of drug-likeness (QED) is 0.675. The fourth-order valence-corrected chi connectivity index (χ4v) is 2.05. The van der Waals surface area contributed by atoms with Gasteiger partial charge in [-0.1, -0.05) is 25.1 Å². The van der Waals surface area contributed by atoms with E-state index in [9.17, 15) is 9.90 Å². The molecule has 0 atom stereocenters. The van der Waals surface area contributed by atoms with Crippen molar-refractivity contribution in [2.75, 3.05) is 25.0 Å². The molecule has 0 aliphatic rings. The molecule has 0 amide bonds. The van der Waals surface area contributed by atoms with Crippen LogP contribution in [0.15, 0.2) is 30.3 Å². The van der Waals surface area contributed by atoms with Crippen LogP contribution in [-0.4, -0.2) is 35.7 Å². The Morgan fingerprint density at radius 3 is 2.85 bits per heavy atom. The topological polar surface area (TPSA) is 74.2 Å². The van der Waals surface area contributed by atoms with Crippen LogP contribution in [-0.2, 0) is 0 Å². The van der Waals surface area contributed by atoms with E-state index < -0.39 is 5.97 Å². The van der Waals surface area contributed by atoms with E-state index in [1.54, 1.807) is 12.1 Å². The number of hydrogen-bond donors (Lipinski definition) is 3. The first kappa shape index (κ1) is 14.3. The molecule has 0 radical (unpaired) electrons. The number of nitrogens with one attached hydrogen (secondary N) is 2. The van der Waals surface area contributed by atoms with Crippen molar-refractivity contribution in [3.63, 3.8) is 0 Å². The molecule has 5 heteroatoms. The van der Waals surface area contributed by atoms with Crippen molar-refractivity contribution < 1.29 is 9.90 Å². The summed E-state index contributed by atoms with van der Waals surface area (Å²) in [7, 11) is 0. The smallest absolute Gasteiger partial charge is 0.336 e. The lowest BCUT2D eigenvalue weighted by atomic mass is 10.1. The summed E-state index contributed by atoms with van der Waals surface area (Å²) in [5.74, 6) is -0.322. The van der Waals surface area contributed by atoms with E-state index in [1.165, 1.54) is 0 Å². The van der Waals surface area contributed by atoms with Gasteiger partial charge < -0.3 is 15.7 Å². The zero-order chi connectivity index (χ0) is 14.4. The number of pyridine rings is 1. The number of hydrogen-bond acceptors (Lipinski definition) is 4. The number of benzene rings is 1. The van der Waals surface area contributed by atoms with E-state index in [-0.39, 0.29) is 5.56 Å². The second kappa shape index (κ2) is 6.86. The molecule has 1 aromatic heterocycles. The standard InChI is InChI=1S/C15H19N3O2/c1-2-16-8-5-9-17-14-10-12(15(19)20)11-6-3-4-7-13(11)18-14/h3-4,6-7,10,16H,2,5,8-9H2,1H3,(H,17,18)(H,19,20). The molecular weight excluding hydrogens is 254 g/mol. The maximum atomic E-state index is 11.3. The van der Waals surface area contributed by atoms with Crippen LogP contribution in [0.5, 0.6) is 0 Å². The number of carboxylic acids is 1. The molecule has 3 N–H and O–H groups in total. The summed E-state index contributed by atoms with van der Waals surface area (Å²) in [4.78, 5) is 15.8. The highest BCUT2D eigenvalue weighted by atomic mass is 16.4. The van der Waals surface area contributed by atoms with Gasteiger partial charge in [-0.25, -0.2) is 9.78 Å². The van der Waals surface area contributed by atoms with Gasteiger partial charge in [0.2, 0.25) is 0 Å². The molecule has 20 heavy (non-hydrogen) atoms. The van der Waals surface area contributed by atoms with Crippen LogP contribution < -0.4 is 10.6 Å². The van der Waals surface area contributed by atoms with E-state index >= 15 is 0 Å². The maximum Gasteiger partial charge on any atom is 0.336 e. The lowest BCUT2D eigenvalue weighted by Gasteiger charge is -2.09. The Kier molecular flexibility index (Phi) is 4.90. The molecule has 0 spiro atoms. The van der Waals surface area contributed by atoms with Gasteiger partial charge in [0.05, 0.1) is 11.1 Å². The number of fused-ring (bicyclic) bond motifs is 1. The van der Waals surface area contributed by atoms with Gasteiger partial charge in [-0.2, -0.15) is 0 Å². The third-order valence-electron chi connectivity index (χ3n) is 3.03. The van der Waals surface area contributed by atoms with Crippen LogP contribution in [0.2, 0.25) is 0 Å². The van der Waals surface area contributed by atoms with E-state index in [1.807, 2.05) is 18.2 Å². The zero-order valence-electron chi connectivity index (χ0n) is 11.5. The van der Waals surface area contributed by atoms with Crippen LogP contribution in [0.25, 0.3) is 10.9 Å². The van der Waals surface area contributed by atoms with Crippen LogP contribution in [0, 0.1) is 0 Å². The minimum Gasteiger partial charge on any atom is -0.478 e. The average molecular weight is 273 g/mol. The molecular formula is C15H19N3O2. The average Bonchev–Trinajstić information content (AvgIpc) is 2.46. The number of carbonyl (C=O) groups is 1. The number of para-hydroxylation sites is 1. The fourth-order valence-electron chi connectivity index (χ4n) is 2.05. The minimum absolute atomic E-state index is 0.282. The number of aromatic carboxylic acids is 1. The van der Waals surface area contributed by atoms with Crippen molar-refractivity contribution in [2.24, 2.45) is 0 Å². The Hall–Kier alpha value is -2.14. The predicted molar refractivity (Wildman–Crippen MR) is 80.4 cm³/mol. The number of rotatable bonds is 7. The van der Waals surface area contributed by atoms with Crippen molar-refractivity contribution in [1.29, 1.82) is 0 Å². The lowest BCUT2D eigenvalue weighted by Crippen LogP contribution is -2.17. The Balaban J connectivity index is 2.15. The van der Waals surface area contributed by atoms with Gasteiger partial charge in [-0.05, 0) is 31.6 Å². The molecule has 106 valence electrons. The highest BCUT2D eigenvalue weighted by Gasteiger charge is 2.11. The minimum atomic E-state index is -0.931. The second-order valence-electron chi connectivity index (χ2n) is 4.51. The first-order chi connectivity index (χ1) is 9.72. The molecule has 0 fully saturated rings. The number of aromatic nitrogens is 1. The summed E-state index contributed by atoms with van der Waals surface area (Å²) in [5, 5.41) is 16.4. The van der Waals surface area contributed by atoms with Crippen LogP contribution >= 0.6 is 0 Å². The molecule has 5 nitrogen and oxygen atoms in total. The van der Waals surface area contributed by atoms with Gasteiger partial charge in [-0.15, -0.1) is 0 Å². The molecule has 0 saturated carbocycles. The number of anilines is 1. The van der Waals surface area contributed by atoms with Gasteiger partial charge in [0.1, 0.15) is 5.82 Å². The Morgan fingerprint density at radius 2 is 2.10 bits per heavy atom. The van der Waals surface area contributed by atoms with E-state index in [2.05, 4.69) is 22.5 Å². The molecule has 0 unspecified atom stereocenters. The third kappa shape index (κ3) is 3.45. The molecule has 0 bridgehead atoms. The lowest BCUT2D eigenvalue weighted by molar-refractivity contribution is 0.0699. The van der Waals surface area contributed by atoms with E-state index in [4.69, 9.17) is 0 Å². The fraction of sp³-hybridized carbons (Fsp3) is 0.333. The van der Waals surface area contributed by atoms with Gasteiger partial charge in [0.15, 0.2) is 0 Å². The molecule has 0 aliphatic heterocycles. The Morgan fingerprint density at radius 1 is 1.30 bits per heavy atom. The number of nitrogens with zero attached hydrogens (tertiary/aromatic N) is 1. The summed E-state index contributed by atoms with van der Waals surface area (Å²) >= 11 is 0. The highest BCUT2D eigenvalue weighted by Crippen LogP contribution is 2.20. The maximum absolute atomic E-state index is 11.3. The molecule has 2 rings (SSSR count). The van der Waals surface area contributed by atoms with E-state index in [0.717, 1.165) is 26.1 Å². The summed E-state index contributed by atoms with van der Waals surface area (Å²) in [6.07, 6.45) is 0.963.